The Labute approximate surface area is 199 Å². The molecule has 0 saturated heterocycles. The van der Waals surface area contributed by atoms with Gasteiger partial charge in [-0.2, -0.15) is 0 Å². The molecule has 0 radical (unpaired) electrons. The Hall–Kier alpha value is -2.99. The SMILES string of the molecule is COc1ccccc1NC(=O)C1=C(C)NC2=C(C(=O)CC(C)(C)C2)[C@H]1c1ccc(SC)cc1. The summed E-state index contributed by atoms with van der Waals surface area (Å²) in [7, 11) is 1.58. The van der Waals surface area contributed by atoms with E-state index in [-0.39, 0.29) is 17.1 Å². The summed E-state index contributed by atoms with van der Waals surface area (Å²) in [6.07, 6.45) is 3.27. The Balaban J connectivity index is 1.80. The summed E-state index contributed by atoms with van der Waals surface area (Å²) >= 11 is 1.66. The minimum absolute atomic E-state index is 0.0998. The first-order chi connectivity index (χ1) is 15.7. The molecule has 1 amide bonds. The lowest BCUT2D eigenvalue weighted by Gasteiger charge is -2.39. The fourth-order valence-corrected chi connectivity index (χ4v) is 5.21. The van der Waals surface area contributed by atoms with Gasteiger partial charge in [-0.1, -0.05) is 38.1 Å². The van der Waals surface area contributed by atoms with Crippen molar-refractivity contribution in [2.75, 3.05) is 18.7 Å². The van der Waals surface area contributed by atoms with Crippen molar-refractivity contribution in [3.05, 3.63) is 76.6 Å². The Morgan fingerprint density at radius 3 is 2.48 bits per heavy atom. The first-order valence-electron chi connectivity index (χ1n) is 11.1. The number of dihydropyridines is 1. The number of nitrogens with one attached hydrogen (secondary N) is 2. The molecule has 1 aliphatic heterocycles. The number of amides is 1. The van der Waals surface area contributed by atoms with Crippen molar-refractivity contribution in [3.8, 4) is 5.75 Å². The van der Waals surface area contributed by atoms with Gasteiger partial charge in [0.1, 0.15) is 5.75 Å². The lowest BCUT2D eigenvalue weighted by atomic mass is 9.68. The van der Waals surface area contributed by atoms with Crippen molar-refractivity contribution in [2.45, 2.75) is 44.4 Å². The number of thioether (sulfide) groups is 1. The molecule has 2 N–H and O–H groups in total. The van der Waals surface area contributed by atoms with Gasteiger partial charge < -0.3 is 15.4 Å². The van der Waals surface area contributed by atoms with Crippen LogP contribution in [0.2, 0.25) is 0 Å². The fourth-order valence-electron chi connectivity index (χ4n) is 4.80. The molecule has 0 bridgehead atoms. The molecule has 4 rings (SSSR count). The van der Waals surface area contributed by atoms with E-state index >= 15 is 0 Å². The van der Waals surface area contributed by atoms with Crippen LogP contribution in [0.3, 0.4) is 0 Å². The van der Waals surface area contributed by atoms with E-state index in [1.165, 1.54) is 0 Å². The van der Waals surface area contributed by atoms with Crippen molar-refractivity contribution in [2.24, 2.45) is 5.41 Å². The molecule has 2 aromatic carbocycles. The number of ketones is 1. The molecule has 6 heteroatoms. The number of carbonyl (C=O) groups is 2. The third kappa shape index (κ3) is 4.58. The van der Waals surface area contributed by atoms with E-state index in [0.717, 1.165) is 28.3 Å². The molecule has 0 unspecified atom stereocenters. The number of ether oxygens (including phenoxy) is 1. The van der Waals surface area contributed by atoms with E-state index in [4.69, 9.17) is 4.74 Å². The van der Waals surface area contributed by atoms with Crippen molar-refractivity contribution < 1.29 is 14.3 Å². The van der Waals surface area contributed by atoms with Gasteiger partial charge in [0.2, 0.25) is 0 Å². The van der Waals surface area contributed by atoms with Crippen molar-refractivity contribution in [1.29, 1.82) is 0 Å². The molecule has 0 fully saturated rings. The lowest BCUT2D eigenvalue weighted by molar-refractivity contribution is -0.118. The number of benzene rings is 2. The number of allylic oxidation sites excluding steroid dienone is 3. The average Bonchev–Trinajstić information content (AvgIpc) is 2.77. The summed E-state index contributed by atoms with van der Waals surface area (Å²) in [5, 5.41) is 6.42. The maximum atomic E-state index is 13.7. The van der Waals surface area contributed by atoms with Gasteiger partial charge in [0.25, 0.3) is 5.91 Å². The standard InChI is InChI=1S/C27H30N2O3S/c1-16-23(26(31)29-19-8-6-7-9-22(19)32-4)24(17-10-12-18(33-5)13-11-17)25-20(28-16)14-27(2,3)15-21(25)30/h6-13,24,28H,14-15H2,1-5H3,(H,29,31)/t24-/m0/s1. The molecule has 5 nitrogen and oxygen atoms in total. The van der Waals surface area contributed by atoms with Crippen LogP contribution in [0.25, 0.3) is 0 Å². The zero-order valence-electron chi connectivity index (χ0n) is 19.7. The molecule has 1 aliphatic carbocycles. The highest BCUT2D eigenvalue weighted by Crippen LogP contribution is 2.47. The molecule has 2 aromatic rings. The molecule has 172 valence electrons. The number of hydrogen-bond acceptors (Lipinski definition) is 5. The number of rotatable bonds is 5. The Kier molecular flexibility index (Phi) is 6.39. The average molecular weight is 463 g/mol. The summed E-state index contributed by atoms with van der Waals surface area (Å²) in [4.78, 5) is 28.2. The van der Waals surface area contributed by atoms with Crippen LogP contribution in [0.4, 0.5) is 5.69 Å². The van der Waals surface area contributed by atoms with Gasteiger partial charge in [0.15, 0.2) is 5.78 Å². The van der Waals surface area contributed by atoms with Crippen molar-refractivity contribution in [3.63, 3.8) is 0 Å². The maximum Gasteiger partial charge on any atom is 0.254 e. The number of para-hydroxylation sites is 2. The Morgan fingerprint density at radius 2 is 1.82 bits per heavy atom. The quantitative estimate of drug-likeness (QED) is 0.561. The molecule has 0 saturated carbocycles. The summed E-state index contributed by atoms with van der Waals surface area (Å²) in [5.41, 5.74) is 4.39. The van der Waals surface area contributed by atoms with E-state index in [9.17, 15) is 9.59 Å². The highest BCUT2D eigenvalue weighted by atomic mass is 32.2. The van der Waals surface area contributed by atoms with Crippen LogP contribution in [0.15, 0.2) is 76.0 Å². The summed E-state index contributed by atoms with van der Waals surface area (Å²) < 4.78 is 5.41. The van der Waals surface area contributed by atoms with Crippen LogP contribution in [0, 0.1) is 5.41 Å². The third-order valence-corrected chi connectivity index (χ3v) is 7.03. The van der Waals surface area contributed by atoms with E-state index in [0.29, 0.717) is 29.0 Å². The molecular weight excluding hydrogens is 432 g/mol. The normalized spacial score (nSPS) is 19.7. The summed E-state index contributed by atoms with van der Waals surface area (Å²) in [5.74, 6) is 0.0232. The van der Waals surface area contributed by atoms with Crippen LogP contribution in [-0.2, 0) is 9.59 Å². The molecule has 2 aliphatic rings. The second kappa shape index (κ2) is 9.10. The minimum atomic E-state index is -0.421. The first kappa shape index (κ1) is 23.2. The van der Waals surface area contributed by atoms with Crippen LogP contribution >= 0.6 is 11.8 Å². The van der Waals surface area contributed by atoms with Gasteiger partial charge in [-0.05, 0) is 54.8 Å². The maximum absolute atomic E-state index is 13.7. The number of Topliss-reactive ketones (excluding diaryl/α,β-unsaturated/α-hetero) is 1. The molecule has 1 atom stereocenters. The fraction of sp³-hybridized carbons (Fsp3) is 0.333. The first-order valence-corrected chi connectivity index (χ1v) is 12.3. The van der Waals surface area contributed by atoms with Crippen molar-refractivity contribution in [1.82, 2.24) is 5.32 Å². The van der Waals surface area contributed by atoms with E-state index < -0.39 is 5.92 Å². The lowest BCUT2D eigenvalue weighted by Crippen LogP contribution is -2.39. The van der Waals surface area contributed by atoms with Gasteiger partial charge in [-0.25, -0.2) is 0 Å². The molecule has 0 aromatic heterocycles. The van der Waals surface area contributed by atoms with E-state index in [2.05, 4.69) is 24.5 Å². The monoisotopic (exact) mass is 462 g/mol. The Bertz CT molecular complexity index is 1160. The molecule has 33 heavy (non-hydrogen) atoms. The number of anilines is 1. The van der Waals surface area contributed by atoms with Crippen molar-refractivity contribution >= 4 is 29.1 Å². The van der Waals surface area contributed by atoms with Crippen LogP contribution < -0.4 is 15.4 Å². The van der Waals surface area contributed by atoms with Crippen LogP contribution in [-0.4, -0.2) is 25.1 Å². The molecule has 0 spiro atoms. The summed E-state index contributed by atoms with van der Waals surface area (Å²) in [6, 6.07) is 15.5. The second-order valence-electron chi connectivity index (χ2n) is 9.36. The largest absolute Gasteiger partial charge is 0.495 e. The number of methoxy groups -OCH3 is 1. The van der Waals surface area contributed by atoms with Gasteiger partial charge in [0, 0.05) is 39.8 Å². The minimum Gasteiger partial charge on any atom is -0.495 e. The van der Waals surface area contributed by atoms with E-state index in [1.807, 2.05) is 61.7 Å². The molecular formula is C27H30N2O3S. The smallest absolute Gasteiger partial charge is 0.254 e. The van der Waals surface area contributed by atoms with Gasteiger partial charge in [-0.15, -0.1) is 11.8 Å². The van der Waals surface area contributed by atoms with Gasteiger partial charge in [0.05, 0.1) is 12.8 Å². The highest BCUT2D eigenvalue weighted by Gasteiger charge is 2.42. The summed E-state index contributed by atoms with van der Waals surface area (Å²) in [6.45, 7) is 6.14. The van der Waals surface area contributed by atoms with E-state index in [1.54, 1.807) is 18.9 Å². The molecule has 1 heterocycles. The number of hydrogen-bond donors (Lipinski definition) is 2. The van der Waals surface area contributed by atoms with Crippen LogP contribution in [0.5, 0.6) is 5.75 Å². The predicted octanol–water partition coefficient (Wildman–Crippen LogP) is 5.66. The van der Waals surface area contributed by atoms with Gasteiger partial charge in [-0.3, -0.25) is 9.59 Å². The zero-order chi connectivity index (χ0) is 23.8. The predicted molar refractivity (Wildman–Crippen MR) is 133 cm³/mol. The topological polar surface area (TPSA) is 67.4 Å². The number of carbonyl (C=O) groups excluding carboxylic acids is 2. The second-order valence-corrected chi connectivity index (χ2v) is 10.2. The highest BCUT2D eigenvalue weighted by molar-refractivity contribution is 7.98. The van der Waals surface area contributed by atoms with Crippen LogP contribution in [0.1, 0.15) is 45.1 Å². The third-order valence-electron chi connectivity index (χ3n) is 6.29. The van der Waals surface area contributed by atoms with Gasteiger partial charge >= 0.3 is 0 Å². The Morgan fingerprint density at radius 1 is 1.12 bits per heavy atom. The zero-order valence-corrected chi connectivity index (χ0v) is 20.6.